The average molecular weight is 286 g/mol. The van der Waals surface area contributed by atoms with Crippen molar-refractivity contribution >= 4 is 11.8 Å². The standard InChI is InChI=1S/C15H18N4O2/c1-10-7-13(19-14(18-10)15(20)21-2)17-9-12-6-4-3-5-11(12)8-16/h3-7H,8-9,16H2,1-2H3,(H,17,18,19). The van der Waals surface area contributed by atoms with Gasteiger partial charge in [0.2, 0.25) is 5.82 Å². The largest absolute Gasteiger partial charge is 0.463 e. The van der Waals surface area contributed by atoms with Gasteiger partial charge >= 0.3 is 5.97 Å². The SMILES string of the molecule is COC(=O)c1nc(C)cc(NCc2ccccc2CN)n1. The van der Waals surface area contributed by atoms with Gasteiger partial charge in [0.25, 0.3) is 0 Å². The molecule has 21 heavy (non-hydrogen) atoms. The maximum atomic E-state index is 11.5. The molecule has 0 aliphatic carbocycles. The highest BCUT2D eigenvalue weighted by atomic mass is 16.5. The van der Waals surface area contributed by atoms with E-state index in [-0.39, 0.29) is 5.82 Å². The Morgan fingerprint density at radius 3 is 2.67 bits per heavy atom. The molecule has 2 aromatic rings. The number of nitrogens with zero attached hydrogens (tertiary/aromatic N) is 2. The van der Waals surface area contributed by atoms with E-state index in [0.29, 0.717) is 24.6 Å². The minimum atomic E-state index is -0.552. The summed E-state index contributed by atoms with van der Waals surface area (Å²) in [5.41, 5.74) is 8.57. The van der Waals surface area contributed by atoms with Crippen LogP contribution in [0.15, 0.2) is 30.3 Å². The molecule has 0 atom stereocenters. The predicted octanol–water partition coefficient (Wildman–Crippen LogP) is 1.64. The molecular formula is C15H18N4O2. The first kappa shape index (κ1) is 14.9. The van der Waals surface area contributed by atoms with E-state index in [2.05, 4.69) is 20.0 Å². The Labute approximate surface area is 123 Å². The molecule has 0 bridgehead atoms. The van der Waals surface area contributed by atoms with E-state index in [4.69, 9.17) is 5.73 Å². The summed E-state index contributed by atoms with van der Waals surface area (Å²) in [5, 5.41) is 3.18. The zero-order valence-corrected chi connectivity index (χ0v) is 12.1. The number of ether oxygens (including phenoxy) is 1. The smallest absolute Gasteiger partial charge is 0.376 e. The van der Waals surface area contributed by atoms with Gasteiger partial charge in [0, 0.05) is 24.8 Å². The second-order valence-corrected chi connectivity index (χ2v) is 4.54. The van der Waals surface area contributed by atoms with Crippen LogP contribution in [-0.4, -0.2) is 23.0 Å². The third-order valence-electron chi connectivity index (χ3n) is 3.02. The normalized spacial score (nSPS) is 10.2. The number of carbonyl (C=O) groups excluding carboxylic acids is 1. The molecule has 2 rings (SSSR count). The van der Waals surface area contributed by atoms with Crippen LogP contribution in [0.2, 0.25) is 0 Å². The van der Waals surface area contributed by atoms with Gasteiger partial charge in [-0.25, -0.2) is 14.8 Å². The second kappa shape index (κ2) is 6.81. The van der Waals surface area contributed by atoms with Gasteiger partial charge in [-0.3, -0.25) is 0 Å². The minimum Gasteiger partial charge on any atom is -0.463 e. The van der Waals surface area contributed by atoms with Crippen molar-refractivity contribution in [2.75, 3.05) is 12.4 Å². The fourth-order valence-electron chi connectivity index (χ4n) is 1.96. The summed E-state index contributed by atoms with van der Waals surface area (Å²) in [6.45, 7) is 2.85. The van der Waals surface area contributed by atoms with Crippen molar-refractivity contribution < 1.29 is 9.53 Å². The van der Waals surface area contributed by atoms with Crippen molar-refractivity contribution in [2.24, 2.45) is 5.73 Å². The molecule has 3 N–H and O–H groups in total. The molecule has 1 aromatic heterocycles. The number of methoxy groups -OCH3 is 1. The van der Waals surface area contributed by atoms with E-state index in [9.17, 15) is 4.79 Å². The van der Waals surface area contributed by atoms with Crippen LogP contribution in [-0.2, 0) is 17.8 Å². The summed E-state index contributed by atoms with van der Waals surface area (Å²) >= 11 is 0. The molecule has 0 amide bonds. The van der Waals surface area contributed by atoms with Crippen molar-refractivity contribution in [3.63, 3.8) is 0 Å². The molecule has 1 heterocycles. The summed E-state index contributed by atoms with van der Waals surface area (Å²) < 4.78 is 4.64. The van der Waals surface area contributed by atoms with E-state index < -0.39 is 5.97 Å². The van der Waals surface area contributed by atoms with Crippen molar-refractivity contribution in [2.45, 2.75) is 20.0 Å². The number of hydrogen-bond donors (Lipinski definition) is 2. The first-order valence-electron chi connectivity index (χ1n) is 6.58. The summed E-state index contributed by atoms with van der Waals surface area (Å²) in [4.78, 5) is 19.7. The Bertz CT molecular complexity index is 643. The Kier molecular flexibility index (Phi) is 4.84. The van der Waals surface area contributed by atoms with Gasteiger partial charge < -0.3 is 15.8 Å². The maximum absolute atomic E-state index is 11.5. The predicted molar refractivity (Wildman–Crippen MR) is 79.8 cm³/mol. The van der Waals surface area contributed by atoms with Crippen LogP contribution < -0.4 is 11.1 Å². The average Bonchev–Trinajstić information content (AvgIpc) is 2.51. The minimum absolute atomic E-state index is 0.0483. The van der Waals surface area contributed by atoms with Crippen molar-refractivity contribution in [3.05, 3.63) is 53.0 Å². The van der Waals surface area contributed by atoms with Gasteiger partial charge in [-0.1, -0.05) is 24.3 Å². The Morgan fingerprint density at radius 1 is 1.29 bits per heavy atom. The van der Waals surface area contributed by atoms with Crippen LogP contribution in [0.4, 0.5) is 5.82 Å². The van der Waals surface area contributed by atoms with Crippen LogP contribution in [0, 0.1) is 6.92 Å². The zero-order chi connectivity index (χ0) is 15.2. The first-order valence-corrected chi connectivity index (χ1v) is 6.58. The molecule has 1 aromatic carbocycles. The molecule has 0 saturated carbocycles. The lowest BCUT2D eigenvalue weighted by molar-refractivity contribution is 0.0586. The van der Waals surface area contributed by atoms with Crippen LogP contribution in [0.3, 0.4) is 0 Å². The van der Waals surface area contributed by atoms with E-state index in [1.54, 1.807) is 13.0 Å². The number of aromatic nitrogens is 2. The van der Waals surface area contributed by atoms with Gasteiger partial charge in [-0.15, -0.1) is 0 Å². The quantitative estimate of drug-likeness (QED) is 0.812. The third-order valence-corrected chi connectivity index (χ3v) is 3.02. The highest BCUT2D eigenvalue weighted by Crippen LogP contribution is 2.12. The van der Waals surface area contributed by atoms with Crippen LogP contribution in [0.25, 0.3) is 0 Å². The lowest BCUT2D eigenvalue weighted by Crippen LogP contribution is -2.12. The number of aryl methyl sites for hydroxylation is 1. The molecule has 110 valence electrons. The fourth-order valence-corrected chi connectivity index (χ4v) is 1.96. The van der Waals surface area contributed by atoms with Crippen LogP contribution in [0.5, 0.6) is 0 Å². The second-order valence-electron chi connectivity index (χ2n) is 4.54. The van der Waals surface area contributed by atoms with Crippen molar-refractivity contribution in [3.8, 4) is 0 Å². The highest BCUT2D eigenvalue weighted by molar-refractivity contribution is 5.85. The number of nitrogens with two attached hydrogens (primary N) is 1. The number of hydrogen-bond acceptors (Lipinski definition) is 6. The number of esters is 1. The number of nitrogens with one attached hydrogen (secondary N) is 1. The van der Waals surface area contributed by atoms with Gasteiger partial charge in [0.1, 0.15) is 5.82 Å². The number of anilines is 1. The van der Waals surface area contributed by atoms with Crippen LogP contribution in [0.1, 0.15) is 27.4 Å². The molecule has 6 heteroatoms. The molecule has 6 nitrogen and oxygen atoms in total. The Balaban J connectivity index is 2.16. The van der Waals surface area contributed by atoms with Gasteiger partial charge in [0.15, 0.2) is 0 Å². The van der Waals surface area contributed by atoms with Gasteiger partial charge in [-0.2, -0.15) is 0 Å². The first-order chi connectivity index (χ1) is 10.1. The molecule has 0 fully saturated rings. The Hall–Kier alpha value is -2.47. The highest BCUT2D eigenvalue weighted by Gasteiger charge is 2.11. The molecule has 0 spiro atoms. The lowest BCUT2D eigenvalue weighted by Gasteiger charge is -2.10. The number of benzene rings is 1. The summed E-state index contributed by atoms with van der Waals surface area (Å²) in [6.07, 6.45) is 0. The molecule has 0 unspecified atom stereocenters. The third kappa shape index (κ3) is 3.76. The van der Waals surface area contributed by atoms with Gasteiger partial charge in [0.05, 0.1) is 7.11 Å². The Morgan fingerprint density at radius 2 is 2.00 bits per heavy atom. The summed E-state index contributed by atoms with van der Waals surface area (Å²) in [6, 6.07) is 9.68. The van der Waals surface area contributed by atoms with E-state index in [1.165, 1.54) is 7.11 Å². The van der Waals surface area contributed by atoms with Gasteiger partial charge in [-0.05, 0) is 18.1 Å². The molecule has 0 aliphatic rings. The number of rotatable bonds is 5. The van der Waals surface area contributed by atoms with E-state index in [0.717, 1.165) is 11.1 Å². The maximum Gasteiger partial charge on any atom is 0.376 e. The monoisotopic (exact) mass is 286 g/mol. The molecule has 0 aliphatic heterocycles. The summed E-state index contributed by atoms with van der Waals surface area (Å²) in [7, 11) is 1.30. The number of carbonyl (C=O) groups is 1. The summed E-state index contributed by atoms with van der Waals surface area (Å²) in [5.74, 6) is 0.0749. The van der Waals surface area contributed by atoms with Crippen molar-refractivity contribution in [1.29, 1.82) is 0 Å². The molecular weight excluding hydrogens is 268 g/mol. The topological polar surface area (TPSA) is 90.1 Å². The zero-order valence-electron chi connectivity index (χ0n) is 12.1. The van der Waals surface area contributed by atoms with E-state index >= 15 is 0 Å². The van der Waals surface area contributed by atoms with Crippen molar-refractivity contribution in [1.82, 2.24) is 9.97 Å². The van der Waals surface area contributed by atoms with E-state index in [1.807, 2.05) is 24.3 Å². The lowest BCUT2D eigenvalue weighted by atomic mass is 10.1. The van der Waals surface area contributed by atoms with Crippen LogP contribution >= 0.6 is 0 Å². The molecule has 0 radical (unpaired) electrons. The molecule has 0 saturated heterocycles. The fraction of sp³-hybridized carbons (Fsp3) is 0.267.